The highest BCUT2D eigenvalue weighted by Gasteiger charge is 2.51. The number of hydrogen-bond donors (Lipinski definition) is 4. The number of carbonyl (C=O) groups excluding carboxylic acids is 2. The molecule has 0 aromatic carbocycles. The minimum absolute atomic E-state index is 0.165. The van der Waals surface area contributed by atoms with Crippen LogP contribution in [-0.2, 0) is 33.4 Å². The summed E-state index contributed by atoms with van der Waals surface area (Å²) < 4.78 is 24.7. The monoisotopic (exact) mass is 685 g/mol. The van der Waals surface area contributed by atoms with Crippen molar-refractivity contribution in [2.75, 3.05) is 34.3 Å². The summed E-state index contributed by atoms with van der Waals surface area (Å²) in [4.78, 5) is 35.5. The Hall–Kier alpha value is -1.71. The van der Waals surface area contributed by atoms with Gasteiger partial charge in [0.05, 0.1) is 29.6 Å². The fraction of sp³-hybridized carbons (Fsp3) is 0.914. The van der Waals surface area contributed by atoms with Crippen molar-refractivity contribution >= 4 is 17.5 Å². The summed E-state index contributed by atoms with van der Waals surface area (Å²) in [6, 6.07) is -0.254. The van der Waals surface area contributed by atoms with Crippen LogP contribution in [0.3, 0.4) is 0 Å². The molecule has 0 aliphatic carbocycles. The lowest BCUT2D eigenvalue weighted by atomic mass is 9.74. The molecule has 3 fully saturated rings. The molecule has 0 unspecified atom stereocenters. The molecule has 48 heavy (non-hydrogen) atoms. The second-order valence-electron chi connectivity index (χ2n) is 15.0. The molecule has 0 aromatic rings. The first-order chi connectivity index (χ1) is 22.4. The number of hydrogen-bond acceptors (Lipinski definition) is 13. The van der Waals surface area contributed by atoms with Crippen molar-refractivity contribution in [3.05, 3.63) is 0 Å². The van der Waals surface area contributed by atoms with E-state index in [-0.39, 0.29) is 31.1 Å². The Kier molecular flexibility index (Phi) is 14.4. The molecule has 0 radical (unpaired) electrons. The van der Waals surface area contributed by atoms with E-state index in [9.17, 15) is 24.9 Å². The van der Waals surface area contributed by atoms with E-state index in [1.54, 1.807) is 20.8 Å². The number of nitrogens with zero attached hydrogens (tertiary/aromatic N) is 2. The molecule has 4 N–H and O–H groups in total. The number of oxime groups is 1. The molecular formula is C35H63N3O10. The van der Waals surface area contributed by atoms with Crippen molar-refractivity contribution in [3.63, 3.8) is 0 Å². The van der Waals surface area contributed by atoms with Gasteiger partial charge in [0.2, 0.25) is 0 Å². The first kappa shape index (κ1) is 40.7. The number of piperidine rings is 1. The average molecular weight is 686 g/mol. The molecule has 278 valence electrons. The van der Waals surface area contributed by atoms with Gasteiger partial charge in [-0.25, -0.2) is 0 Å². The number of ether oxygens (including phenoxy) is 4. The number of likely N-dealkylation sites (N-methyl/N-ethyl adjacent to an activating group) is 1. The summed E-state index contributed by atoms with van der Waals surface area (Å²) in [7, 11) is 5.29. The number of aliphatic hydroxyl groups is 3. The number of aliphatic hydroxyl groups excluding tert-OH is 2. The molecule has 13 heteroatoms. The van der Waals surface area contributed by atoms with Gasteiger partial charge in [0.1, 0.15) is 29.8 Å². The fourth-order valence-electron chi connectivity index (χ4n) is 7.66. The molecule has 3 aliphatic heterocycles. The standard InChI is InChI=1S/C35H63N3O10/c1-12-26-35(8,43)30(41)21(4)27(37-48-24-14-13-15-36-18-24)19(2)17-34(7,44-11)31(22(5)28(39)23(6)32(42)46-26)47-33-29(40)25(38(9)10)16-20(3)45-33/h19-26,29-31,33,36,40-41,43H,12-18H2,1-11H3/b37-27+/t19-,20-,21+,22+,23-,24+,25+,26-,29-,30-,31-,33+,34-,35-/m1/s1. The van der Waals surface area contributed by atoms with Crippen LogP contribution in [0.5, 0.6) is 0 Å². The Labute approximate surface area is 287 Å². The van der Waals surface area contributed by atoms with Gasteiger partial charge in [-0.2, -0.15) is 0 Å². The second kappa shape index (κ2) is 17.0. The van der Waals surface area contributed by atoms with Crippen molar-refractivity contribution in [1.29, 1.82) is 0 Å². The summed E-state index contributed by atoms with van der Waals surface area (Å²) >= 11 is 0. The van der Waals surface area contributed by atoms with Crippen LogP contribution in [0, 0.1) is 23.7 Å². The van der Waals surface area contributed by atoms with Gasteiger partial charge in [0, 0.05) is 37.5 Å². The molecule has 14 atom stereocenters. The molecule has 13 nitrogen and oxygen atoms in total. The predicted molar refractivity (Wildman–Crippen MR) is 180 cm³/mol. The minimum Gasteiger partial charge on any atom is -0.459 e. The van der Waals surface area contributed by atoms with E-state index in [4.69, 9.17) is 23.8 Å². The highest BCUT2D eigenvalue weighted by atomic mass is 16.7. The van der Waals surface area contributed by atoms with Gasteiger partial charge >= 0.3 is 5.97 Å². The number of rotatable bonds is 7. The largest absolute Gasteiger partial charge is 0.459 e. The van der Waals surface area contributed by atoms with Gasteiger partial charge in [0.25, 0.3) is 0 Å². The van der Waals surface area contributed by atoms with E-state index in [2.05, 4.69) is 10.5 Å². The zero-order valence-electron chi connectivity index (χ0n) is 31.0. The van der Waals surface area contributed by atoms with Crippen LogP contribution in [-0.4, -0.2) is 132 Å². The lowest BCUT2D eigenvalue weighted by Gasteiger charge is -2.47. The quantitative estimate of drug-likeness (QED) is 0.176. The van der Waals surface area contributed by atoms with E-state index < -0.39 is 77.3 Å². The number of nitrogens with one attached hydrogen (secondary N) is 1. The summed E-state index contributed by atoms with van der Waals surface area (Å²) in [5.74, 6) is -4.54. The van der Waals surface area contributed by atoms with E-state index in [1.165, 1.54) is 21.0 Å². The lowest BCUT2D eigenvalue weighted by Crippen LogP contribution is -2.60. The van der Waals surface area contributed by atoms with Crippen LogP contribution >= 0.6 is 0 Å². The molecule has 3 rings (SSSR count). The number of Topliss-reactive ketones (excluding diaryl/α,β-unsaturated/α-hetero) is 1. The normalized spacial score (nSPS) is 45.1. The predicted octanol–water partition coefficient (Wildman–Crippen LogP) is 2.28. The van der Waals surface area contributed by atoms with Gasteiger partial charge in [-0.1, -0.05) is 32.9 Å². The SMILES string of the molecule is CC[C@H]1OC(=O)[C@H](C)C(=O)[C@H](C)[C@@H](O[C@@H]2O[C@H](C)C[C@H](N(C)C)[C@H]2O)[C@](C)(OC)C[C@@H](C)/C(=N\O[C@H]2CCCNC2)[C@H](C)[C@@H](O)[C@]1(C)O. The molecule has 0 saturated carbocycles. The summed E-state index contributed by atoms with van der Waals surface area (Å²) in [6.07, 6.45) is -3.21. The molecular weight excluding hydrogens is 622 g/mol. The van der Waals surface area contributed by atoms with Crippen molar-refractivity contribution in [2.45, 2.75) is 148 Å². The highest BCUT2D eigenvalue weighted by molar-refractivity contribution is 6.00. The summed E-state index contributed by atoms with van der Waals surface area (Å²) in [5, 5.41) is 42.7. The van der Waals surface area contributed by atoms with Crippen LogP contribution < -0.4 is 5.32 Å². The summed E-state index contributed by atoms with van der Waals surface area (Å²) in [5.41, 5.74) is -2.58. The molecule has 0 aromatic heterocycles. The Morgan fingerprint density at radius 3 is 2.31 bits per heavy atom. The third kappa shape index (κ3) is 9.14. The van der Waals surface area contributed by atoms with Gasteiger partial charge in [0.15, 0.2) is 12.1 Å². The molecule has 0 bridgehead atoms. The maximum Gasteiger partial charge on any atom is 0.316 e. The number of ketones is 1. The van der Waals surface area contributed by atoms with Crippen molar-refractivity contribution in [1.82, 2.24) is 10.2 Å². The maximum absolute atomic E-state index is 14.1. The minimum atomic E-state index is -1.88. The number of methoxy groups -OCH3 is 1. The first-order valence-electron chi connectivity index (χ1n) is 17.7. The Bertz CT molecular complexity index is 1100. The van der Waals surface area contributed by atoms with Crippen LogP contribution in [0.4, 0.5) is 0 Å². The van der Waals surface area contributed by atoms with Gasteiger partial charge in [-0.05, 0) is 80.4 Å². The third-order valence-electron chi connectivity index (χ3n) is 10.9. The molecule has 3 saturated heterocycles. The van der Waals surface area contributed by atoms with E-state index in [0.29, 0.717) is 18.7 Å². The highest BCUT2D eigenvalue weighted by Crippen LogP contribution is 2.38. The lowest BCUT2D eigenvalue weighted by molar-refractivity contribution is -0.295. The second-order valence-corrected chi connectivity index (χ2v) is 15.0. The van der Waals surface area contributed by atoms with Crippen LogP contribution in [0.25, 0.3) is 0 Å². The van der Waals surface area contributed by atoms with Gasteiger partial charge in [-0.3, -0.25) is 9.59 Å². The Balaban J connectivity index is 2.14. The third-order valence-corrected chi connectivity index (χ3v) is 10.9. The maximum atomic E-state index is 14.1. The van der Waals surface area contributed by atoms with Crippen LogP contribution in [0.15, 0.2) is 5.16 Å². The van der Waals surface area contributed by atoms with Crippen molar-refractivity contribution in [3.8, 4) is 0 Å². The summed E-state index contributed by atoms with van der Waals surface area (Å²) in [6.45, 7) is 15.3. The first-order valence-corrected chi connectivity index (χ1v) is 17.7. The fourth-order valence-corrected chi connectivity index (χ4v) is 7.66. The number of carbonyl (C=O) groups is 2. The number of esters is 1. The zero-order chi connectivity index (χ0) is 36.1. The topological polar surface area (TPSA) is 169 Å². The Morgan fingerprint density at radius 2 is 1.75 bits per heavy atom. The molecule has 0 amide bonds. The van der Waals surface area contributed by atoms with Gasteiger partial charge < -0.3 is 49.3 Å². The average Bonchev–Trinajstić information content (AvgIpc) is 3.05. The van der Waals surface area contributed by atoms with Crippen molar-refractivity contribution < 1.29 is 48.7 Å². The van der Waals surface area contributed by atoms with Gasteiger partial charge in [-0.15, -0.1) is 0 Å². The van der Waals surface area contributed by atoms with E-state index >= 15 is 0 Å². The van der Waals surface area contributed by atoms with E-state index in [0.717, 1.165) is 19.4 Å². The molecule has 3 aliphatic rings. The zero-order valence-corrected chi connectivity index (χ0v) is 31.0. The molecule has 0 spiro atoms. The van der Waals surface area contributed by atoms with Crippen LogP contribution in [0.2, 0.25) is 0 Å². The number of cyclic esters (lactones) is 1. The molecule has 3 heterocycles. The van der Waals surface area contributed by atoms with Crippen LogP contribution in [0.1, 0.15) is 87.5 Å². The Morgan fingerprint density at radius 1 is 1.08 bits per heavy atom. The smallest absolute Gasteiger partial charge is 0.316 e. The van der Waals surface area contributed by atoms with Crippen molar-refractivity contribution in [2.24, 2.45) is 28.8 Å². The van der Waals surface area contributed by atoms with E-state index in [1.807, 2.05) is 39.8 Å².